The van der Waals surface area contributed by atoms with Crippen LogP contribution in [0.1, 0.15) is 22.3 Å². The quantitative estimate of drug-likeness (QED) is 0.317. The Morgan fingerprint density at radius 2 is 1.47 bits per heavy atom. The highest BCUT2D eigenvalue weighted by atomic mass is 16.2. The standard InChI is InChI=1S/C30H27N5O/c31-30(32)33-24-15-9-12-22(18-24)20-35-27-17-8-7-16-25(27)28(23-13-5-2-6-14-23)34-26(29(35)36)19-21-10-3-1-4-11-21/h1-18,26H,19-20H2,(H4,31,32,33)/t26-/m1/s1. The summed E-state index contributed by atoms with van der Waals surface area (Å²) >= 11 is 0. The van der Waals surface area contributed by atoms with Crippen molar-refractivity contribution in [2.24, 2.45) is 21.5 Å². The van der Waals surface area contributed by atoms with E-state index in [9.17, 15) is 4.79 Å². The lowest BCUT2D eigenvalue weighted by Gasteiger charge is -2.25. The maximum atomic E-state index is 14.1. The number of hydrogen-bond acceptors (Lipinski definition) is 3. The van der Waals surface area contributed by atoms with E-state index in [2.05, 4.69) is 4.99 Å². The largest absolute Gasteiger partial charge is 0.370 e. The summed E-state index contributed by atoms with van der Waals surface area (Å²) in [6.07, 6.45) is 0.508. The van der Waals surface area contributed by atoms with Crippen LogP contribution in [0, 0.1) is 0 Å². The highest BCUT2D eigenvalue weighted by molar-refractivity contribution is 6.20. The molecule has 0 fully saturated rings. The number of nitrogens with two attached hydrogens (primary N) is 2. The second kappa shape index (κ2) is 10.3. The average Bonchev–Trinajstić information content (AvgIpc) is 3.00. The number of carbonyl (C=O) groups is 1. The molecular weight excluding hydrogens is 446 g/mol. The zero-order valence-corrected chi connectivity index (χ0v) is 19.8. The minimum Gasteiger partial charge on any atom is -0.370 e. The van der Waals surface area contributed by atoms with E-state index in [1.165, 1.54) is 0 Å². The van der Waals surface area contributed by atoms with Gasteiger partial charge >= 0.3 is 0 Å². The van der Waals surface area contributed by atoms with Gasteiger partial charge in [-0.3, -0.25) is 9.79 Å². The first-order valence-corrected chi connectivity index (χ1v) is 11.8. The number of benzodiazepines with no additional fused rings is 1. The maximum Gasteiger partial charge on any atom is 0.252 e. The number of benzene rings is 4. The van der Waals surface area contributed by atoms with Gasteiger partial charge in [-0.2, -0.15) is 0 Å². The van der Waals surface area contributed by atoms with E-state index in [0.717, 1.165) is 33.7 Å². The second-order valence-corrected chi connectivity index (χ2v) is 8.70. The lowest BCUT2D eigenvalue weighted by atomic mass is 10.00. The van der Waals surface area contributed by atoms with E-state index < -0.39 is 6.04 Å². The van der Waals surface area contributed by atoms with Crippen LogP contribution in [-0.2, 0) is 17.8 Å². The smallest absolute Gasteiger partial charge is 0.252 e. The van der Waals surface area contributed by atoms with Crippen molar-refractivity contribution in [3.63, 3.8) is 0 Å². The molecule has 0 aliphatic carbocycles. The SMILES string of the molecule is NC(N)=Nc1cccc(CN2C(=O)[C@@H](Cc3ccccc3)N=C(c3ccccc3)c3ccccc32)c1. The monoisotopic (exact) mass is 473 g/mol. The van der Waals surface area contributed by atoms with E-state index in [1.54, 1.807) is 0 Å². The van der Waals surface area contributed by atoms with Gasteiger partial charge in [-0.1, -0.05) is 91.0 Å². The number of hydrogen-bond donors (Lipinski definition) is 2. The Balaban J connectivity index is 1.61. The van der Waals surface area contributed by atoms with Gasteiger partial charge in [0.2, 0.25) is 0 Å². The van der Waals surface area contributed by atoms with E-state index in [0.29, 0.717) is 18.7 Å². The Bertz CT molecular complexity index is 1430. The number of carbonyl (C=O) groups excluding carboxylic acids is 1. The summed E-state index contributed by atoms with van der Waals surface area (Å²) in [4.78, 5) is 25.2. The topological polar surface area (TPSA) is 97.1 Å². The van der Waals surface area contributed by atoms with E-state index in [4.69, 9.17) is 16.5 Å². The molecule has 6 nitrogen and oxygen atoms in total. The van der Waals surface area contributed by atoms with Crippen LogP contribution in [-0.4, -0.2) is 23.6 Å². The predicted octanol–water partition coefficient (Wildman–Crippen LogP) is 4.59. The predicted molar refractivity (Wildman–Crippen MR) is 146 cm³/mol. The average molecular weight is 474 g/mol. The van der Waals surface area contributed by atoms with Gasteiger partial charge in [-0.15, -0.1) is 0 Å². The van der Waals surface area contributed by atoms with Gasteiger partial charge < -0.3 is 16.4 Å². The molecule has 0 saturated carbocycles. The number of nitrogens with zero attached hydrogens (tertiary/aromatic N) is 3. The number of aliphatic imine (C=N–C) groups is 2. The first kappa shape index (κ1) is 23.1. The zero-order chi connectivity index (χ0) is 24.9. The maximum absolute atomic E-state index is 14.1. The summed E-state index contributed by atoms with van der Waals surface area (Å²) in [6, 6.07) is 35.0. The molecule has 0 saturated heterocycles. The van der Waals surface area contributed by atoms with Gasteiger partial charge in [-0.05, 0) is 29.3 Å². The number of guanidine groups is 1. The third-order valence-electron chi connectivity index (χ3n) is 6.11. The van der Waals surface area contributed by atoms with Crippen molar-refractivity contribution in [3.8, 4) is 0 Å². The number of rotatable bonds is 6. The molecule has 0 bridgehead atoms. The Kier molecular flexibility index (Phi) is 6.58. The molecule has 1 amide bonds. The fraction of sp³-hybridized carbons (Fsp3) is 0.100. The molecule has 5 rings (SSSR count). The highest BCUT2D eigenvalue weighted by Crippen LogP contribution is 2.31. The lowest BCUT2D eigenvalue weighted by Crippen LogP contribution is -2.38. The molecule has 4 N–H and O–H groups in total. The van der Waals surface area contributed by atoms with Crippen molar-refractivity contribution in [1.29, 1.82) is 0 Å². The van der Waals surface area contributed by atoms with Crippen molar-refractivity contribution in [3.05, 3.63) is 131 Å². The van der Waals surface area contributed by atoms with Crippen molar-refractivity contribution < 1.29 is 4.79 Å². The van der Waals surface area contributed by atoms with E-state index >= 15 is 0 Å². The first-order valence-electron chi connectivity index (χ1n) is 11.8. The van der Waals surface area contributed by atoms with Crippen LogP contribution >= 0.6 is 0 Å². The molecule has 4 aromatic rings. The van der Waals surface area contributed by atoms with Crippen molar-refractivity contribution >= 4 is 29.0 Å². The molecule has 1 aliphatic heterocycles. The molecule has 4 aromatic carbocycles. The van der Waals surface area contributed by atoms with Crippen LogP contribution in [0.3, 0.4) is 0 Å². The third-order valence-corrected chi connectivity index (χ3v) is 6.11. The van der Waals surface area contributed by atoms with Crippen LogP contribution in [0.5, 0.6) is 0 Å². The summed E-state index contributed by atoms with van der Waals surface area (Å²) in [5, 5.41) is 0. The van der Waals surface area contributed by atoms with Crippen LogP contribution in [0.4, 0.5) is 11.4 Å². The number of fused-ring (bicyclic) bond motifs is 1. The molecule has 1 heterocycles. The summed E-state index contributed by atoms with van der Waals surface area (Å²) in [6.45, 7) is 0.368. The van der Waals surface area contributed by atoms with E-state index in [-0.39, 0.29) is 11.9 Å². The van der Waals surface area contributed by atoms with Crippen molar-refractivity contribution in [1.82, 2.24) is 0 Å². The van der Waals surface area contributed by atoms with Gasteiger partial charge in [0.25, 0.3) is 5.91 Å². The van der Waals surface area contributed by atoms with Gasteiger partial charge in [0.1, 0.15) is 6.04 Å². The Morgan fingerprint density at radius 1 is 0.806 bits per heavy atom. The highest BCUT2D eigenvalue weighted by Gasteiger charge is 2.32. The minimum atomic E-state index is -0.573. The second-order valence-electron chi connectivity index (χ2n) is 8.70. The Morgan fingerprint density at radius 3 is 2.22 bits per heavy atom. The molecule has 178 valence electrons. The zero-order valence-electron chi connectivity index (χ0n) is 19.8. The summed E-state index contributed by atoms with van der Waals surface area (Å²) in [5.41, 5.74) is 17.3. The molecule has 1 atom stereocenters. The Labute approximate surface area is 210 Å². The number of anilines is 1. The molecule has 0 spiro atoms. The fourth-order valence-corrected chi connectivity index (χ4v) is 4.50. The molecule has 1 aliphatic rings. The first-order chi connectivity index (χ1) is 17.6. The van der Waals surface area contributed by atoms with Crippen LogP contribution < -0.4 is 16.4 Å². The number of para-hydroxylation sites is 1. The van der Waals surface area contributed by atoms with E-state index in [1.807, 2.05) is 114 Å². The third kappa shape index (κ3) is 5.03. The van der Waals surface area contributed by atoms with Crippen molar-refractivity contribution in [2.45, 2.75) is 19.0 Å². The molecule has 0 radical (unpaired) electrons. The molecule has 0 aromatic heterocycles. The molecule has 36 heavy (non-hydrogen) atoms. The van der Waals surface area contributed by atoms with Gasteiger partial charge in [-0.25, -0.2) is 4.99 Å². The minimum absolute atomic E-state index is 0.00725. The molecule has 0 unspecified atom stereocenters. The fourth-order valence-electron chi connectivity index (χ4n) is 4.50. The summed E-state index contributed by atoms with van der Waals surface area (Å²) in [7, 11) is 0. The van der Waals surface area contributed by atoms with Crippen LogP contribution in [0.15, 0.2) is 119 Å². The van der Waals surface area contributed by atoms with Gasteiger partial charge in [0.05, 0.1) is 23.6 Å². The van der Waals surface area contributed by atoms with Crippen molar-refractivity contribution in [2.75, 3.05) is 4.90 Å². The normalized spacial score (nSPS) is 15.0. The van der Waals surface area contributed by atoms with Gasteiger partial charge in [0, 0.05) is 17.5 Å². The summed E-state index contributed by atoms with van der Waals surface area (Å²) in [5.74, 6) is -0.0587. The summed E-state index contributed by atoms with van der Waals surface area (Å²) < 4.78 is 0. The lowest BCUT2D eigenvalue weighted by molar-refractivity contribution is -0.119. The van der Waals surface area contributed by atoms with Gasteiger partial charge in [0.15, 0.2) is 5.96 Å². The molecular formula is C30H27N5O. The number of amides is 1. The van der Waals surface area contributed by atoms with Crippen LogP contribution in [0.2, 0.25) is 0 Å². The molecule has 6 heteroatoms. The van der Waals surface area contributed by atoms with Crippen LogP contribution in [0.25, 0.3) is 0 Å². The Hall–Kier alpha value is -4.71.